The van der Waals surface area contributed by atoms with E-state index < -0.39 is 0 Å². The van der Waals surface area contributed by atoms with Crippen LogP contribution in [-0.4, -0.2) is 19.1 Å². The number of hydrogen-bond acceptors (Lipinski definition) is 2. The smallest absolute Gasteiger partial charge is 0.0853 e. The van der Waals surface area contributed by atoms with E-state index in [1.54, 1.807) is 0 Å². The molecule has 0 fully saturated rings. The maximum Gasteiger partial charge on any atom is 0.0853 e. The molecular formula is C26H23IrN4-. The quantitative estimate of drug-likeness (QED) is 0.251. The topological polar surface area (TPSA) is 35.6 Å². The van der Waals surface area contributed by atoms with Crippen LogP contribution in [-0.2, 0) is 27.2 Å². The van der Waals surface area contributed by atoms with Crippen LogP contribution < -0.4 is 0 Å². The monoisotopic (exact) mass is 584 g/mol. The van der Waals surface area contributed by atoms with Crippen molar-refractivity contribution in [3.05, 3.63) is 90.0 Å². The van der Waals surface area contributed by atoms with Gasteiger partial charge < -0.3 is 9.13 Å². The summed E-state index contributed by atoms with van der Waals surface area (Å²) in [5.74, 6) is 0.888. The predicted molar refractivity (Wildman–Crippen MR) is 122 cm³/mol. The van der Waals surface area contributed by atoms with E-state index in [0.29, 0.717) is 0 Å². The van der Waals surface area contributed by atoms with Gasteiger partial charge in [0.2, 0.25) is 0 Å². The van der Waals surface area contributed by atoms with Crippen molar-refractivity contribution < 1.29 is 20.1 Å². The first kappa shape index (κ1) is 21.2. The number of rotatable bonds is 3. The molecule has 0 amide bonds. The van der Waals surface area contributed by atoms with E-state index in [1.165, 1.54) is 27.9 Å². The van der Waals surface area contributed by atoms with Gasteiger partial charge >= 0.3 is 0 Å². The molecule has 1 radical (unpaired) electrons. The fraction of sp³-hybridized carbons (Fsp3) is 0.154. The Morgan fingerprint density at radius 1 is 0.871 bits per heavy atom. The van der Waals surface area contributed by atoms with Gasteiger partial charge in [0.15, 0.2) is 0 Å². The average Bonchev–Trinajstić information content (AvgIpc) is 3.31. The van der Waals surface area contributed by atoms with Crippen LogP contribution in [0.25, 0.3) is 39.2 Å². The van der Waals surface area contributed by atoms with Gasteiger partial charge in [0.25, 0.3) is 0 Å². The van der Waals surface area contributed by atoms with Crippen molar-refractivity contribution in [3.8, 4) is 28.2 Å². The molecule has 5 aromatic rings. The van der Waals surface area contributed by atoms with E-state index in [0.717, 1.165) is 28.1 Å². The van der Waals surface area contributed by atoms with Gasteiger partial charge in [-0.3, -0.25) is 9.97 Å². The standard InChI is InChI=1S/C26H23N4.Ir/c1-17-12-22(20-8-6-5-7-9-20)13-18(2)25(17)30-19(3)15-27-26(30)21-10-11-24-23(14-21)28-16-29(24)4;/h5-9,11-16H,1-4H3;/q-1;. The van der Waals surface area contributed by atoms with Gasteiger partial charge in [0.1, 0.15) is 0 Å². The van der Waals surface area contributed by atoms with Crippen molar-refractivity contribution >= 4 is 11.0 Å². The Hall–Kier alpha value is -3.01. The van der Waals surface area contributed by atoms with Gasteiger partial charge in [-0.15, -0.1) is 23.8 Å². The molecule has 0 N–H and O–H groups in total. The molecule has 3 aromatic carbocycles. The second-order valence-electron chi connectivity index (χ2n) is 7.86. The Morgan fingerprint density at radius 3 is 2.29 bits per heavy atom. The number of benzene rings is 3. The first-order chi connectivity index (χ1) is 14.5. The Bertz CT molecular complexity index is 1360. The summed E-state index contributed by atoms with van der Waals surface area (Å²) in [6.45, 7) is 6.44. The molecule has 0 unspecified atom stereocenters. The van der Waals surface area contributed by atoms with Crippen molar-refractivity contribution in [1.29, 1.82) is 0 Å². The summed E-state index contributed by atoms with van der Waals surface area (Å²) in [4.78, 5) is 9.24. The Morgan fingerprint density at radius 2 is 1.58 bits per heavy atom. The maximum atomic E-state index is 4.74. The normalized spacial score (nSPS) is 11.0. The van der Waals surface area contributed by atoms with Gasteiger partial charge in [-0.05, 0) is 60.7 Å². The summed E-state index contributed by atoms with van der Waals surface area (Å²) in [7, 11) is 1.99. The van der Waals surface area contributed by atoms with Crippen LogP contribution in [0.5, 0.6) is 0 Å². The summed E-state index contributed by atoms with van der Waals surface area (Å²) in [5.41, 5.74) is 10.1. The molecule has 0 spiro atoms. The van der Waals surface area contributed by atoms with Crippen LogP contribution in [0.15, 0.2) is 67.1 Å². The number of nitrogens with zero attached hydrogens (tertiary/aromatic N) is 4. The fourth-order valence-corrected chi connectivity index (χ4v) is 4.21. The molecule has 0 bridgehead atoms. The summed E-state index contributed by atoms with van der Waals surface area (Å²) in [6, 6.07) is 22.5. The third kappa shape index (κ3) is 3.65. The van der Waals surface area contributed by atoms with Gasteiger partial charge in [0.05, 0.1) is 12.2 Å². The molecule has 31 heavy (non-hydrogen) atoms. The van der Waals surface area contributed by atoms with E-state index in [4.69, 9.17) is 4.98 Å². The molecule has 2 heterocycles. The maximum absolute atomic E-state index is 4.74. The molecule has 5 rings (SSSR count). The third-order valence-electron chi connectivity index (χ3n) is 5.66. The van der Waals surface area contributed by atoms with Crippen molar-refractivity contribution in [3.63, 3.8) is 0 Å². The van der Waals surface area contributed by atoms with Gasteiger partial charge in [-0.2, -0.15) is 0 Å². The minimum absolute atomic E-state index is 0. The minimum atomic E-state index is 0. The van der Waals surface area contributed by atoms with Gasteiger partial charge in [-0.1, -0.05) is 30.3 Å². The number of hydrogen-bond donors (Lipinski definition) is 0. The molecule has 2 aromatic heterocycles. The van der Waals surface area contributed by atoms with Crippen molar-refractivity contribution in [2.75, 3.05) is 0 Å². The third-order valence-corrected chi connectivity index (χ3v) is 5.66. The first-order valence-electron chi connectivity index (χ1n) is 10.1. The zero-order valence-corrected chi connectivity index (χ0v) is 20.4. The zero-order valence-electron chi connectivity index (χ0n) is 18.0. The second kappa shape index (κ2) is 8.26. The molecule has 0 saturated carbocycles. The zero-order chi connectivity index (χ0) is 20.8. The van der Waals surface area contributed by atoms with Crippen molar-refractivity contribution in [2.45, 2.75) is 20.8 Å². The van der Waals surface area contributed by atoms with Crippen LogP contribution in [0.4, 0.5) is 0 Å². The molecule has 4 nitrogen and oxygen atoms in total. The minimum Gasteiger partial charge on any atom is -0.373 e. The van der Waals surface area contributed by atoms with Crippen LogP contribution >= 0.6 is 0 Å². The van der Waals surface area contributed by atoms with Crippen LogP contribution in [0.1, 0.15) is 16.8 Å². The molecule has 0 atom stereocenters. The van der Waals surface area contributed by atoms with E-state index in [9.17, 15) is 0 Å². The van der Waals surface area contributed by atoms with Crippen LogP contribution in [0.2, 0.25) is 0 Å². The predicted octanol–water partition coefficient (Wildman–Crippen LogP) is 5.82. The molecule has 0 aliphatic carbocycles. The number of fused-ring (bicyclic) bond motifs is 1. The number of aryl methyl sites for hydroxylation is 4. The molecule has 0 saturated heterocycles. The first-order valence-corrected chi connectivity index (χ1v) is 10.1. The molecule has 157 valence electrons. The Labute approximate surface area is 195 Å². The SMILES string of the molecule is Cc1cc(-c2ccccc2)cc(C)c1-n1c(C)cnc1-c1[c-]cc2c(c1)ncn2C.[Ir]. The van der Waals surface area contributed by atoms with E-state index >= 15 is 0 Å². The average molecular weight is 584 g/mol. The molecular weight excluding hydrogens is 561 g/mol. The molecule has 0 aliphatic heterocycles. The number of aromatic nitrogens is 4. The largest absolute Gasteiger partial charge is 0.373 e. The van der Waals surface area contributed by atoms with Crippen molar-refractivity contribution in [2.24, 2.45) is 7.05 Å². The van der Waals surface area contributed by atoms with E-state index in [2.05, 4.69) is 78.9 Å². The van der Waals surface area contributed by atoms with E-state index in [-0.39, 0.29) is 20.1 Å². The van der Waals surface area contributed by atoms with Gasteiger partial charge in [-0.25, -0.2) is 0 Å². The Kier molecular flexibility index (Phi) is 5.65. The van der Waals surface area contributed by atoms with Gasteiger partial charge in [0, 0.05) is 50.2 Å². The van der Waals surface area contributed by atoms with Crippen molar-refractivity contribution in [1.82, 2.24) is 19.1 Å². The molecule has 5 heteroatoms. The summed E-state index contributed by atoms with van der Waals surface area (Å²) < 4.78 is 4.24. The fourth-order valence-electron chi connectivity index (χ4n) is 4.21. The molecule has 0 aliphatic rings. The summed E-state index contributed by atoms with van der Waals surface area (Å²) in [5, 5.41) is 0. The summed E-state index contributed by atoms with van der Waals surface area (Å²) >= 11 is 0. The van der Waals surface area contributed by atoms with Crippen LogP contribution in [0, 0.1) is 26.8 Å². The summed E-state index contributed by atoms with van der Waals surface area (Å²) in [6.07, 6.45) is 3.76. The van der Waals surface area contributed by atoms with Crippen LogP contribution in [0.3, 0.4) is 0 Å². The van der Waals surface area contributed by atoms with E-state index in [1.807, 2.05) is 36.3 Å². The number of imidazole rings is 2. The Balaban J connectivity index is 0.00000231. The second-order valence-corrected chi connectivity index (χ2v) is 7.86.